The van der Waals surface area contributed by atoms with Crippen LogP contribution in [0.4, 0.5) is 0 Å². The van der Waals surface area contributed by atoms with E-state index in [9.17, 15) is 0 Å². The van der Waals surface area contributed by atoms with Gasteiger partial charge in [0.1, 0.15) is 19.1 Å². The molecule has 0 saturated heterocycles. The molecule has 22 heavy (non-hydrogen) atoms. The lowest BCUT2D eigenvalue weighted by atomic mass is 10.2. The molecule has 0 aromatic heterocycles. The second kappa shape index (κ2) is 7.22. The molecule has 1 heterocycles. The van der Waals surface area contributed by atoms with E-state index in [1.807, 2.05) is 23.5 Å². The Hall–Kier alpha value is -2.14. The quantitative estimate of drug-likeness (QED) is 0.819. The molecule has 1 aliphatic carbocycles. The smallest absolute Gasteiger partial charge is 0.162 e. The molecule has 1 saturated carbocycles. The van der Waals surface area contributed by atoms with Gasteiger partial charge in [0, 0.05) is 5.56 Å². The van der Waals surface area contributed by atoms with Gasteiger partial charge in [-0.25, -0.2) is 10.4 Å². The van der Waals surface area contributed by atoms with Gasteiger partial charge in [0.15, 0.2) is 11.5 Å². The van der Waals surface area contributed by atoms with E-state index in [1.165, 1.54) is 18.4 Å². The van der Waals surface area contributed by atoms with Crippen molar-refractivity contribution < 1.29 is 19.6 Å². The van der Waals surface area contributed by atoms with Crippen LogP contribution in [0.1, 0.15) is 31.2 Å². The van der Waals surface area contributed by atoms with Gasteiger partial charge < -0.3 is 14.2 Å². The largest absolute Gasteiger partial charge is 0.493 e. The van der Waals surface area contributed by atoms with Crippen LogP contribution in [0.25, 0.3) is 0 Å². The van der Waals surface area contributed by atoms with E-state index in [-0.39, 0.29) is 0 Å². The maximum atomic E-state index is 6.13. The molecule has 0 amide bonds. The Morgan fingerprint density at radius 1 is 1.18 bits per heavy atom. The fraction of sp³-hybridized carbons (Fsp3) is 0.412. The van der Waals surface area contributed by atoms with E-state index in [4.69, 9.17) is 14.2 Å². The topological polar surface area (TPSA) is 47.5 Å². The summed E-state index contributed by atoms with van der Waals surface area (Å²) in [5.41, 5.74) is 3.29. The van der Waals surface area contributed by atoms with Crippen molar-refractivity contribution >= 4 is 0 Å². The van der Waals surface area contributed by atoms with Crippen LogP contribution in [0, 0.1) is 0 Å². The lowest BCUT2D eigenvalue weighted by Crippen LogP contribution is -2.89. The number of rotatable bonds is 6. The van der Waals surface area contributed by atoms with Gasteiger partial charge in [0.05, 0.1) is 25.6 Å². The zero-order valence-electron chi connectivity index (χ0n) is 12.9. The molecular weight excluding hydrogens is 280 g/mol. The third-order valence-electron chi connectivity index (χ3n) is 3.98. The zero-order valence-corrected chi connectivity index (χ0v) is 12.9. The fourth-order valence-corrected chi connectivity index (χ4v) is 2.76. The van der Waals surface area contributed by atoms with E-state index in [0.29, 0.717) is 6.10 Å². The van der Waals surface area contributed by atoms with Crippen molar-refractivity contribution in [1.29, 1.82) is 0 Å². The van der Waals surface area contributed by atoms with Crippen molar-refractivity contribution in [1.82, 2.24) is 5.01 Å². The first-order valence-electron chi connectivity index (χ1n) is 7.78. The van der Waals surface area contributed by atoms with Crippen LogP contribution in [0.15, 0.2) is 43.1 Å². The Bertz CT molecular complexity index is 539. The molecule has 1 fully saturated rings. The highest BCUT2D eigenvalue weighted by Gasteiger charge is 2.18. The minimum atomic E-state index is 0.332. The summed E-state index contributed by atoms with van der Waals surface area (Å²) in [7, 11) is 1.69. The molecule has 1 aromatic carbocycles. The van der Waals surface area contributed by atoms with Crippen molar-refractivity contribution in [3.63, 3.8) is 0 Å². The summed E-state index contributed by atoms with van der Waals surface area (Å²) in [6.45, 7) is 0.819. The zero-order chi connectivity index (χ0) is 15.2. The van der Waals surface area contributed by atoms with Crippen molar-refractivity contribution in [2.75, 3.05) is 7.11 Å². The molecule has 2 aliphatic rings. The molecule has 0 radical (unpaired) electrons. The molecule has 0 unspecified atom stereocenters. The van der Waals surface area contributed by atoms with Gasteiger partial charge in [-0.15, -0.1) is 0 Å². The minimum Gasteiger partial charge on any atom is -0.493 e. The summed E-state index contributed by atoms with van der Waals surface area (Å²) in [4.78, 5) is 0. The van der Waals surface area contributed by atoms with Gasteiger partial charge in [-0.3, -0.25) is 0 Å². The maximum absolute atomic E-state index is 6.13. The maximum Gasteiger partial charge on any atom is 0.162 e. The highest BCUT2D eigenvalue weighted by atomic mass is 16.5. The van der Waals surface area contributed by atoms with Crippen LogP contribution in [0.3, 0.4) is 0 Å². The van der Waals surface area contributed by atoms with Crippen LogP contribution in [0.2, 0.25) is 0 Å². The summed E-state index contributed by atoms with van der Waals surface area (Å²) in [6, 6.07) is 6.14. The average molecular weight is 303 g/mol. The molecule has 1 aliphatic heterocycles. The van der Waals surface area contributed by atoms with E-state index in [1.54, 1.807) is 19.6 Å². The number of ether oxygens (including phenoxy) is 3. The molecule has 0 atom stereocenters. The third kappa shape index (κ3) is 3.74. The molecule has 0 spiro atoms. The van der Waals surface area contributed by atoms with Gasteiger partial charge >= 0.3 is 0 Å². The monoisotopic (exact) mass is 303 g/mol. The van der Waals surface area contributed by atoms with E-state index in [0.717, 1.165) is 30.9 Å². The summed E-state index contributed by atoms with van der Waals surface area (Å²) in [5.74, 6) is 1.66. The van der Waals surface area contributed by atoms with Gasteiger partial charge in [-0.05, 0) is 43.9 Å². The minimum absolute atomic E-state index is 0.332. The molecular formula is C17H23N2O3+. The van der Waals surface area contributed by atoms with Crippen molar-refractivity contribution in [3.8, 4) is 11.5 Å². The first kappa shape index (κ1) is 14.8. The lowest BCUT2D eigenvalue weighted by molar-refractivity contribution is -0.794. The first-order chi connectivity index (χ1) is 10.8. The predicted molar refractivity (Wildman–Crippen MR) is 82.7 cm³/mol. The fourth-order valence-electron chi connectivity index (χ4n) is 2.76. The summed E-state index contributed by atoms with van der Waals surface area (Å²) in [6.07, 6.45) is 12.2. The SMILES string of the molecule is COc1ccc(C[NH2+]N2C=COC=C2)cc1OC1CCCC1. The number of methoxy groups -OCH3 is 1. The summed E-state index contributed by atoms with van der Waals surface area (Å²) >= 11 is 0. The molecule has 118 valence electrons. The number of quaternary nitrogens is 1. The number of hydrogen-bond acceptors (Lipinski definition) is 4. The molecule has 1 aromatic rings. The Balaban J connectivity index is 1.64. The van der Waals surface area contributed by atoms with Crippen molar-refractivity contribution in [2.45, 2.75) is 38.3 Å². The number of hydrogen-bond donors (Lipinski definition) is 1. The molecule has 0 bridgehead atoms. The second-order valence-electron chi connectivity index (χ2n) is 5.55. The normalized spacial score (nSPS) is 17.6. The van der Waals surface area contributed by atoms with Gasteiger partial charge in [0.2, 0.25) is 0 Å². The molecule has 2 N–H and O–H groups in total. The Morgan fingerprint density at radius 2 is 1.95 bits per heavy atom. The van der Waals surface area contributed by atoms with Gasteiger partial charge in [0.25, 0.3) is 0 Å². The number of nitrogens with zero attached hydrogens (tertiary/aromatic N) is 1. The van der Waals surface area contributed by atoms with Crippen LogP contribution < -0.4 is 14.9 Å². The number of nitrogens with two attached hydrogens (primary N) is 1. The van der Waals surface area contributed by atoms with Crippen LogP contribution in [-0.4, -0.2) is 18.2 Å². The van der Waals surface area contributed by atoms with Gasteiger partial charge in [-0.2, -0.15) is 0 Å². The highest BCUT2D eigenvalue weighted by molar-refractivity contribution is 5.42. The average Bonchev–Trinajstić information content (AvgIpc) is 3.07. The lowest BCUT2D eigenvalue weighted by Gasteiger charge is -2.18. The molecule has 3 rings (SSSR count). The van der Waals surface area contributed by atoms with Crippen molar-refractivity contribution in [2.24, 2.45) is 0 Å². The van der Waals surface area contributed by atoms with Crippen LogP contribution in [-0.2, 0) is 11.3 Å². The highest BCUT2D eigenvalue weighted by Crippen LogP contribution is 2.32. The molecule has 5 heteroatoms. The second-order valence-corrected chi connectivity index (χ2v) is 5.55. The third-order valence-corrected chi connectivity index (χ3v) is 3.98. The first-order valence-corrected chi connectivity index (χ1v) is 7.78. The number of benzene rings is 1. The molecule has 5 nitrogen and oxygen atoms in total. The summed E-state index contributed by atoms with van der Waals surface area (Å²) < 4.78 is 16.6. The van der Waals surface area contributed by atoms with E-state index in [2.05, 4.69) is 17.6 Å². The van der Waals surface area contributed by atoms with Crippen LogP contribution in [0.5, 0.6) is 11.5 Å². The Kier molecular flexibility index (Phi) is 4.85. The standard InChI is InChI=1S/C17H22N2O3/c1-20-16-7-6-14(13-18-19-8-10-21-11-9-19)12-17(16)22-15-4-2-3-5-15/h6-12,15,18H,2-5,13H2,1H3/p+1. The van der Waals surface area contributed by atoms with Gasteiger partial charge in [-0.1, -0.05) is 0 Å². The van der Waals surface area contributed by atoms with E-state index >= 15 is 0 Å². The summed E-state index contributed by atoms with van der Waals surface area (Å²) in [5, 5.41) is 1.98. The predicted octanol–water partition coefficient (Wildman–Crippen LogP) is 2.27. The Labute approximate surface area is 131 Å². The van der Waals surface area contributed by atoms with Crippen LogP contribution >= 0.6 is 0 Å². The van der Waals surface area contributed by atoms with Crippen molar-refractivity contribution in [3.05, 3.63) is 48.7 Å². The van der Waals surface area contributed by atoms with E-state index < -0.39 is 0 Å². The Morgan fingerprint density at radius 3 is 2.68 bits per heavy atom.